The third-order valence-electron chi connectivity index (χ3n) is 4.73. The Morgan fingerprint density at radius 3 is 2.86 bits per heavy atom. The molecule has 5 heteroatoms. The molecule has 0 bridgehead atoms. The van der Waals surface area contributed by atoms with Crippen LogP contribution in [-0.2, 0) is 0 Å². The Kier molecular flexibility index (Phi) is 3.85. The number of amidine groups is 1. The Morgan fingerprint density at radius 2 is 2.10 bits per heavy atom. The number of pyridine rings is 1. The molecule has 2 aliphatic rings. The van der Waals surface area contributed by atoms with Crippen LogP contribution in [0.25, 0.3) is 0 Å². The summed E-state index contributed by atoms with van der Waals surface area (Å²) >= 11 is 0. The Hall–Kier alpha value is -1.62. The number of rotatable bonds is 2. The summed E-state index contributed by atoms with van der Waals surface area (Å²) in [7, 11) is 0. The number of piperidine rings is 1. The molecule has 1 unspecified atom stereocenters. The first-order valence-electron chi connectivity index (χ1n) is 7.88. The van der Waals surface area contributed by atoms with Crippen LogP contribution >= 0.6 is 0 Å². The van der Waals surface area contributed by atoms with E-state index in [1.54, 1.807) is 0 Å². The van der Waals surface area contributed by atoms with Gasteiger partial charge in [-0.05, 0) is 44.9 Å². The van der Waals surface area contributed by atoms with Crippen LogP contribution in [0, 0.1) is 19.3 Å². The number of anilines is 1. The second-order valence-corrected chi connectivity index (χ2v) is 6.32. The number of nitrogen functional groups attached to an aromatic ring is 1. The van der Waals surface area contributed by atoms with Crippen molar-refractivity contribution in [2.24, 2.45) is 5.73 Å². The molecule has 1 aromatic heterocycles. The standard InChI is InChI=1S/C16H25N5/c1-11-9-12(2)19-16(14(11)15(17)18)21-8-7-20-6-4-3-5-13(20)10-21/h9,13H,3-8,10H2,1-2H3,(H3,17,18). The van der Waals surface area contributed by atoms with Crippen LogP contribution in [0.1, 0.15) is 36.1 Å². The summed E-state index contributed by atoms with van der Waals surface area (Å²) in [5.41, 5.74) is 8.67. The molecule has 5 nitrogen and oxygen atoms in total. The van der Waals surface area contributed by atoms with Gasteiger partial charge in [0.2, 0.25) is 0 Å². The molecule has 1 aromatic rings. The molecule has 0 aromatic carbocycles. The fourth-order valence-corrected chi connectivity index (χ4v) is 3.73. The van der Waals surface area contributed by atoms with Crippen LogP contribution in [0.4, 0.5) is 5.82 Å². The summed E-state index contributed by atoms with van der Waals surface area (Å²) in [6.07, 6.45) is 3.93. The highest BCUT2D eigenvalue weighted by molar-refractivity contribution is 6.01. The third kappa shape index (κ3) is 2.75. The predicted octanol–water partition coefficient (Wildman–Crippen LogP) is 1.66. The summed E-state index contributed by atoms with van der Waals surface area (Å²) < 4.78 is 0. The molecule has 3 N–H and O–H groups in total. The number of nitrogens with one attached hydrogen (secondary N) is 1. The maximum Gasteiger partial charge on any atom is 0.140 e. The zero-order valence-electron chi connectivity index (χ0n) is 13.0. The Morgan fingerprint density at radius 1 is 1.29 bits per heavy atom. The van der Waals surface area contributed by atoms with Crippen molar-refractivity contribution in [3.63, 3.8) is 0 Å². The second-order valence-electron chi connectivity index (χ2n) is 6.32. The van der Waals surface area contributed by atoms with Gasteiger partial charge in [-0.1, -0.05) is 6.42 Å². The second kappa shape index (κ2) is 5.64. The van der Waals surface area contributed by atoms with Crippen LogP contribution in [-0.4, -0.2) is 47.9 Å². The van der Waals surface area contributed by atoms with Gasteiger partial charge in [0, 0.05) is 31.4 Å². The van der Waals surface area contributed by atoms with E-state index in [1.807, 2.05) is 19.9 Å². The zero-order chi connectivity index (χ0) is 15.0. The average Bonchev–Trinajstić information content (AvgIpc) is 2.45. The van der Waals surface area contributed by atoms with Crippen LogP contribution in [0.2, 0.25) is 0 Å². The molecule has 114 valence electrons. The number of hydrogen-bond donors (Lipinski definition) is 2. The molecular formula is C16H25N5. The SMILES string of the molecule is Cc1cc(C)c(C(=N)N)c(N2CCN3CCCCC3C2)n1. The normalized spacial score (nSPS) is 23.0. The molecule has 0 amide bonds. The highest BCUT2D eigenvalue weighted by atomic mass is 15.3. The summed E-state index contributed by atoms with van der Waals surface area (Å²) in [5.74, 6) is 1.03. The zero-order valence-corrected chi connectivity index (χ0v) is 13.0. The van der Waals surface area contributed by atoms with Gasteiger partial charge in [0.05, 0.1) is 5.56 Å². The van der Waals surface area contributed by atoms with Crippen molar-refractivity contribution in [3.05, 3.63) is 22.9 Å². The number of nitrogens with two attached hydrogens (primary N) is 1. The van der Waals surface area contributed by atoms with E-state index in [9.17, 15) is 0 Å². The Bertz CT molecular complexity index is 554. The molecule has 2 fully saturated rings. The van der Waals surface area contributed by atoms with Crippen molar-refractivity contribution < 1.29 is 0 Å². The summed E-state index contributed by atoms with van der Waals surface area (Å²) in [5, 5.41) is 7.89. The summed E-state index contributed by atoms with van der Waals surface area (Å²) in [4.78, 5) is 9.65. The van der Waals surface area contributed by atoms with Gasteiger partial charge < -0.3 is 10.6 Å². The molecule has 2 saturated heterocycles. The van der Waals surface area contributed by atoms with Crippen LogP contribution in [0.5, 0.6) is 0 Å². The lowest BCUT2D eigenvalue weighted by molar-refractivity contribution is 0.133. The van der Waals surface area contributed by atoms with E-state index in [0.717, 1.165) is 42.3 Å². The monoisotopic (exact) mass is 287 g/mol. The molecule has 0 saturated carbocycles. The van der Waals surface area contributed by atoms with Crippen LogP contribution < -0.4 is 10.6 Å². The molecule has 0 aliphatic carbocycles. The number of aryl methyl sites for hydroxylation is 2. The van der Waals surface area contributed by atoms with Crippen molar-refractivity contribution in [3.8, 4) is 0 Å². The van der Waals surface area contributed by atoms with E-state index in [4.69, 9.17) is 16.1 Å². The summed E-state index contributed by atoms with van der Waals surface area (Å²) in [6, 6.07) is 2.65. The number of hydrogen-bond acceptors (Lipinski definition) is 4. The van der Waals surface area contributed by atoms with Crippen molar-refractivity contribution >= 4 is 11.7 Å². The minimum Gasteiger partial charge on any atom is -0.384 e. The first kappa shape index (κ1) is 14.3. The lowest BCUT2D eigenvalue weighted by Gasteiger charge is -2.45. The van der Waals surface area contributed by atoms with Gasteiger partial charge in [-0.3, -0.25) is 10.3 Å². The minimum atomic E-state index is 0.126. The quantitative estimate of drug-likeness (QED) is 0.641. The van der Waals surface area contributed by atoms with E-state index in [1.165, 1.54) is 25.8 Å². The van der Waals surface area contributed by atoms with E-state index in [-0.39, 0.29) is 5.84 Å². The number of nitrogens with zero attached hydrogens (tertiary/aromatic N) is 3. The van der Waals surface area contributed by atoms with Crippen molar-refractivity contribution in [2.45, 2.75) is 39.2 Å². The Labute approximate surface area is 126 Å². The average molecular weight is 287 g/mol. The van der Waals surface area contributed by atoms with Crippen molar-refractivity contribution in [2.75, 3.05) is 31.1 Å². The molecule has 0 radical (unpaired) electrons. The maximum atomic E-state index is 7.89. The van der Waals surface area contributed by atoms with Gasteiger partial charge in [-0.25, -0.2) is 4.98 Å². The number of fused-ring (bicyclic) bond motifs is 1. The molecule has 3 rings (SSSR count). The molecule has 0 spiro atoms. The lowest BCUT2D eigenvalue weighted by Crippen LogP contribution is -2.55. The largest absolute Gasteiger partial charge is 0.384 e. The summed E-state index contributed by atoms with van der Waals surface area (Å²) in [6.45, 7) is 8.35. The minimum absolute atomic E-state index is 0.126. The van der Waals surface area contributed by atoms with Gasteiger partial charge in [0.1, 0.15) is 11.7 Å². The fourth-order valence-electron chi connectivity index (χ4n) is 3.73. The van der Waals surface area contributed by atoms with Gasteiger partial charge in [-0.2, -0.15) is 0 Å². The Balaban J connectivity index is 1.91. The molecular weight excluding hydrogens is 262 g/mol. The van der Waals surface area contributed by atoms with Gasteiger partial charge >= 0.3 is 0 Å². The fraction of sp³-hybridized carbons (Fsp3) is 0.625. The van der Waals surface area contributed by atoms with E-state index >= 15 is 0 Å². The van der Waals surface area contributed by atoms with Gasteiger partial charge in [0.25, 0.3) is 0 Å². The number of piperazine rings is 1. The lowest BCUT2D eigenvalue weighted by atomic mass is 9.98. The third-order valence-corrected chi connectivity index (χ3v) is 4.73. The van der Waals surface area contributed by atoms with Crippen LogP contribution in [0.15, 0.2) is 6.07 Å². The van der Waals surface area contributed by atoms with E-state index < -0.39 is 0 Å². The smallest absolute Gasteiger partial charge is 0.140 e. The molecule has 21 heavy (non-hydrogen) atoms. The van der Waals surface area contributed by atoms with Gasteiger partial charge in [0.15, 0.2) is 0 Å². The van der Waals surface area contributed by atoms with E-state index in [2.05, 4.69) is 9.80 Å². The first-order valence-corrected chi connectivity index (χ1v) is 7.88. The molecule has 1 atom stereocenters. The van der Waals surface area contributed by atoms with Crippen LogP contribution in [0.3, 0.4) is 0 Å². The maximum absolute atomic E-state index is 7.89. The highest BCUT2D eigenvalue weighted by Crippen LogP contribution is 2.27. The molecule has 2 aliphatic heterocycles. The first-order chi connectivity index (χ1) is 10.1. The van der Waals surface area contributed by atoms with Crippen molar-refractivity contribution in [1.29, 1.82) is 5.41 Å². The predicted molar refractivity (Wildman–Crippen MR) is 86.2 cm³/mol. The van der Waals surface area contributed by atoms with Gasteiger partial charge in [-0.15, -0.1) is 0 Å². The number of aromatic nitrogens is 1. The topological polar surface area (TPSA) is 69.2 Å². The molecule has 3 heterocycles. The highest BCUT2D eigenvalue weighted by Gasteiger charge is 2.31. The van der Waals surface area contributed by atoms with Crippen molar-refractivity contribution in [1.82, 2.24) is 9.88 Å². The van der Waals surface area contributed by atoms with E-state index in [0.29, 0.717) is 6.04 Å².